The highest BCUT2D eigenvalue weighted by Crippen LogP contribution is 2.06. The molecule has 76 valence electrons. The third-order valence-corrected chi connectivity index (χ3v) is 2.29. The molecular weight excluding hydrogens is 162 g/mol. The summed E-state index contributed by atoms with van der Waals surface area (Å²) in [6.45, 7) is 8.63. The van der Waals surface area contributed by atoms with Crippen molar-refractivity contribution >= 4 is 6.21 Å². The molecule has 0 aliphatic heterocycles. The molecule has 0 saturated heterocycles. The van der Waals surface area contributed by atoms with Crippen molar-refractivity contribution in [2.45, 2.75) is 34.1 Å². The van der Waals surface area contributed by atoms with Crippen molar-refractivity contribution in [3.63, 3.8) is 0 Å². The van der Waals surface area contributed by atoms with Gasteiger partial charge in [-0.15, -0.1) is 0 Å². The van der Waals surface area contributed by atoms with E-state index >= 15 is 0 Å². The molecule has 0 rings (SSSR count). The van der Waals surface area contributed by atoms with Crippen LogP contribution < -0.4 is 0 Å². The van der Waals surface area contributed by atoms with Crippen LogP contribution in [-0.2, 0) is 0 Å². The molecular formula is C11H21NO. The summed E-state index contributed by atoms with van der Waals surface area (Å²) in [7, 11) is 0. The first-order valence-corrected chi connectivity index (χ1v) is 4.93. The second kappa shape index (κ2) is 6.84. The maximum Gasteiger partial charge on any atom is 0.0659 e. The van der Waals surface area contributed by atoms with Crippen LogP contribution in [0.2, 0.25) is 0 Å². The Kier molecular flexibility index (Phi) is 6.51. The van der Waals surface area contributed by atoms with Crippen molar-refractivity contribution in [1.82, 2.24) is 0 Å². The van der Waals surface area contributed by atoms with E-state index in [1.807, 2.05) is 13.1 Å². The van der Waals surface area contributed by atoms with Crippen molar-refractivity contribution in [2.24, 2.45) is 16.8 Å². The molecule has 0 aromatic heterocycles. The van der Waals surface area contributed by atoms with Gasteiger partial charge in [-0.05, 0) is 23.8 Å². The van der Waals surface area contributed by atoms with E-state index in [1.54, 1.807) is 6.20 Å². The van der Waals surface area contributed by atoms with Crippen LogP contribution in [0.3, 0.4) is 0 Å². The number of aliphatic imine (C=N–C) groups is 1. The van der Waals surface area contributed by atoms with Gasteiger partial charge in [0.25, 0.3) is 0 Å². The van der Waals surface area contributed by atoms with E-state index in [2.05, 4.69) is 25.8 Å². The van der Waals surface area contributed by atoms with Gasteiger partial charge in [-0.1, -0.05) is 27.7 Å². The number of hydrogen-bond acceptors (Lipinski definition) is 2. The fraction of sp³-hybridized carbons (Fsp3) is 0.727. The summed E-state index contributed by atoms with van der Waals surface area (Å²) in [4.78, 5) is 4.19. The average Bonchev–Trinajstić information content (AvgIpc) is 2.12. The Morgan fingerprint density at radius 3 is 2.38 bits per heavy atom. The minimum Gasteiger partial charge on any atom is -0.392 e. The van der Waals surface area contributed by atoms with Crippen LogP contribution >= 0.6 is 0 Å². The molecule has 1 N–H and O–H groups in total. The lowest BCUT2D eigenvalue weighted by atomic mass is 10.00. The minimum atomic E-state index is 0.115. The third kappa shape index (κ3) is 5.58. The molecule has 0 amide bonds. The van der Waals surface area contributed by atoms with Crippen LogP contribution in [0.25, 0.3) is 0 Å². The molecule has 0 aliphatic carbocycles. The zero-order valence-electron chi connectivity index (χ0n) is 9.12. The summed E-state index contributed by atoms with van der Waals surface area (Å²) in [5, 5.41) is 8.86. The normalized spacial score (nSPS) is 15.7. The molecule has 0 radical (unpaired) electrons. The molecule has 2 nitrogen and oxygen atoms in total. The quantitative estimate of drug-likeness (QED) is 0.653. The fourth-order valence-electron chi connectivity index (χ4n) is 0.700. The van der Waals surface area contributed by atoms with E-state index in [-0.39, 0.29) is 6.61 Å². The first kappa shape index (κ1) is 12.4. The lowest BCUT2D eigenvalue weighted by molar-refractivity contribution is 0.327. The van der Waals surface area contributed by atoms with Crippen molar-refractivity contribution in [3.8, 4) is 0 Å². The van der Waals surface area contributed by atoms with E-state index < -0.39 is 0 Å². The molecule has 0 heterocycles. The Hall–Kier alpha value is -0.630. The summed E-state index contributed by atoms with van der Waals surface area (Å²) >= 11 is 0. The Morgan fingerprint density at radius 2 is 2.00 bits per heavy atom. The third-order valence-electron chi connectivity index (χ3n) is 2.29. The molecule has 0 fully saturated rings. The van der Waals surface area contributed by atoms with Gasteiger partial charge in [0.2, 0.25) is 0 Å². The van der Waals surface area contributed by atoms with E-state index in [0.29, 0.717) is 11.8 Å². The number of nitrogens with zero attached hydrogens (tertiary/aromatic N) is 1. The lowest BCUT2D eigenvalue weighted by Crippen LogP contribution is -2.04. The van der Waals surface area contributed by atoms with E-state index in [4.69, 9.17) is 5.11 Å². The van der Waals surface area contributed by atoms with Gasteiger partial charge in [0.05, 0.1) is 6.61 Å². The van der Waals surface area contributed by atoms with Crippen molar-refractivity contribution in [1.29, 1.82) is 0 Å². The van der Waals surface area contributed by atoms with Gasteiger partial charge in [0.15, 0.2) is 0 Å². The molecule has 0 saturated carbocycles. The number of aliphatic hydroxyl groups is 1. The molecule has 13 heavy (non-hydrogen) atoms. The van der Waals surface area contributed by atoms with Crippen LogP contribution in [0.4, 0.5) is 0 Å². The van der Waals surface area contributed by atoms with Crippen molar-refractivity contribution in [3.05, 3.63) is 11.8 Å². The van der Waals surface area contributed by atoms with Gasteiger partial charge in [-0.3, -0.25) is 4.99 Å². The predicted molar refractivity (Wildman–Crippen MR) is 58.0 cm³/mol. The van der Waals surface area contributed by atoms with Gasteiger partial charge in [-0.2, -0.15) is 0 Å². The van der Waals surface area contributed by atoms with E-state index in [0.717, 1.165) is 12.0 Å². The van der Waals surface area contributed by atoms with Crippen molar-refractivity contribution in [2.75, 3.05) is 6.61 Å². The molecule has 0 aromatic carbocycles. The van der Waals surface area contributed by atoms with Crippen LogP contribution in [0.1, 0.15) is 34.1 Å². The second-order valence-electron chi connectivity index (χ2n) is 3.70. The van der Waals surface area contributed by atoms with Crippen LogP contribution in [0, 0.1) is 11.8 Å². The van der Waals surface area contributed by atoms with Gasteiger partial charge >= 0.3 is 0 Å². The Bertz CT molecular complexity index is 177. The zero-order valence-corrected chi connectivity index (χ0v) is 9.12. The Morgan fingerprint density at radius 1 is 1.38 bits per heavy atom. The SMILES string of the molecule is CC/C(=C\N=C[C@H](C)C(C)C)CO. The monoisotopic (exact) mass is 183 g/mol. The number of hydrogen-bond donors (Lipinski definition) is 1. The molecule has 0 aliphatic rings. The molecule has 0 aromatic rings. The topological polar surface area (TPSA) is 32.6 Å². The summed E-state index contributed by atoms with van der Waals surface area (Å²) in [5.74, 6) is 1.12. The number of aliphatic hydroxyl groups excluding tert-OH is 1. The first-order chi connectivity index (χ1) is 6.11. The van der Waals surface area contributed by atoms with Gasteiger partial charge in [0.1, 0.15) is 0 Å². The summed E-state index contributed by atoms with van der Waals surface area (Å²) in [5.41, 5.74) is 0.979. The van der Waals surface area contributed by atoms with Gasteiger partial charge in [-0.25, -0.2) is 0 Å². The van der Waals surface area contributed by atoms with Crippen LogP contribution in [0.5, 0.6) is 0 Å². The van der Waals surface area contributed by atoms with Crippen molar-refractivity contribution < 1.29 is 5.11 Å². The van der Waals surface area contributed by atoms with E-state index in [1.165, 1.54) is 0 Å². The smallest absolute Gasteiger partial charge is 0.0659 e. The maximum atomic E-state index is 8.86. The number of rotatable bonds is 5. The minimum absolute atomic E-state index is 0.115. The summed E-state index contributed by atoms with van der Waals surface area (Å²) in [6, 6.07) is 0. The summed E-state index contributed by atoms with van der Waals surface area (Å²) < 4.78 is 0. The predicted octanol–water partition coefficient (Wildman–Crippen LogP) is 2.64. The van der Waals surface area contributed by atoms with Crippen LogP contribution in [-0.4, -0.2) is 17.9 Å². The molecule has 0 unspecified atom stereocenters. The largest absolute Gasteiger partial charge is 0.392 e. The standard InChI is InChI=1S/C11H21NO/c1-5-11(8-13)7-12-6-10(4)9(2)3/h6-7,9-10,13H,5,8H2,1-4H3/b11-7+,12-6?/t10-/m0/s1. The fourth-order valence-corrected chi connectivity index (χ4v) is 0.700. The maximum absolute atomic E-state index is 8.86. The average molecular weight is 183 g/mol. The van der Waals surface area contributed by atoms with Gasteiger partial charge < -0.3 is 5.11 Å². The lowest BCUT2D eigenvalue weighted by Gasteiger charge is -2.07. The molecule has 0 spiro atoms. The highest BCUT2D eigenvalue weighted by molar-refractivity contribution is 5.61. The second-order valence-corrected chi connectivity index (χ2v) is 3.70. The molecule has 1 atom stereocenters. The highest BCUT2D eigenvalue weighted by atomic mass is 16.3. The van der Waals surface area contributed by atoms with Crippen LogP contribution in [0.15, 0.2) is 16.8 Å². The van der Waals surface area contributed by atoms with E-state index in [9.17, 15) is 0 Å². The molecule has 2 heteroatoms. The van der Waals surface area contributed by atoms with Gasteiger partial charge in [0, 0.05) is 12.4 Å². The zero-order chi connectivity index (χ0) is 10.3. The first-order valence-electron chi connectivity index (χ1n) is 4.93. The highest BCUT2D eigenvalue weighted by Gasteiger charge is 2.01. The molecule has 0 bridgehead atoms. The summed E-state index contributed by atoms with van der Waals surface area (Å²) in [6.07, 6.45) is 4.57. The Balaban J connectivity index is 4.04. The Labute approximate surface area is 81.4 Å².